The van der Waals surface area contributed by atoms with Gasteiger partial charge in [-0.05, 0) is 37.3 Å². The Morgan fingerprint density at radius 1 is 1.45 bits per heavy atom. The summed E-state index contributed by atoms with van der Waals surface area (Å²) in [5.41, 5.74) is 3.16. The average molecular weight is 302 g/mol. The smallest absolute Gasteiger partial charge is 0.378 e. The first-order chi connectivity index (χ1) is 10.4. The lowest BCUT2D eigenvalue weighted by Gasteiger charge is -2.22. The number of hydrogen-bond acceptors (Lipinski definition) is 5. The van der Waals surface area contributed by atoms with E-state index in [1.54, 1.807) is 11.4 Å². The van der Waals surface area contributed by atoms with Gasteiger partial charge in [0.2, 0.25) is 0 Å². The van der Waals surface area contributed by atoms with Crippen molar-refractivity contribution in [2.45, 2.75) is 34.1 Å². The second kappa shape index (κ2) is 5.26. The summed E-state index contributed by atoms with van der Waals surface area (Å²) in [5.74, 6) is -0.363. The molecule has 3 rings (SSSR count). The number of fused-ring (bicyclic) bond motifs is 1. The Morgan fingerprint density at radius 3 is 2.86 bits per heavy atom. The van der Waals surface area contributed by atoms with Crippen molar-refractivity contribution < 1.29 is 9.53 Å². The maximum Gasteiger partial charge on any atom is 0.378 e. The third kappa shape index (κ3) is 2.65. The third-order valence-electron chi connectivity index (χ3n) is 4.10. The van der Waals surface area contributed by atoms with Crippen LogP contribution >= 0.6 is 0 Å². The lowest BCUT2D eigenvalue weighted by atomic mass is 9.93. The Hall–Kier alpha value is -2.11. The van der Waals surface area contributed by atoms with Crippen LogP contribution < -0.4 is 4.90 Å². The lowest BCUT2D eigenvalue weighted by molar-refractivity contribution is 0.0512. The van der Waals surface area contributed by atoms with Gasteiger partial charge in [-0.1, -0.05) is 13.8 Å². The van der Waals surface area contributed by atoms with E-state index < -0.39 is 5.97 Å². The normalized spacial score (nSPS) is 17.2. The van der Waals surface area contributed by atoms with Gasteiger partial charge in [0, 0.05) is 13.1 Å². The highest BCUT2D eigenvalue weighted by atomic mass is 16.5. The zero-order valence-corrected chi connectivity index (χ0v) is 13.6. The number of anilines is 1. The molecule has 0 atom stereocenters. The van der Waals surface area contributed by atoms with E-state index in [4.69, 9.17) is 4.74 Å². The van der Waals surface area contributed by atoms with Crippen molar-refractivity contribution in [2.24, 2.45) is 5.41 Å². The molecule has 1 aliphatic rings. The Bertz CT molecular complexity index is 720. The second-order valence-electron chi connectivity index (χ2n) is 6.64. The van der Waals surface area contributed by atoms with E-state index in [0.717, 1.165) is 24.3 Å². The molecule has 22 heavy (non-hydrogen) atoms. The Morgan fingerprint density at radius 2 is 2.23 bits per heavy atom. The molecule has 0 unspecified atom stereocenters. The second-order valence-corrected chi connectivity index (χ2v) is 6.64. The fourth-order valence-corrected chi connectivity index (χ4v) is 2.92. The Kier molecular flexibility index (Phi) is 3.54. The van der Waals surface area contributed by atoms with Gasteiger partial charge in [-0.15, -0.1) is 5.10 Å². The molecule has 0 spiro atoms. The van der Waals surface area contributed by atoms with E-state index in [-0.39, 0.29) is 5.82 Å². The Labute approximate surface area is 130 Å². The molecule has 2 aromatic rings. The van der Waals surface area contributed by atoms with Crippen LogP contribution in [0.15, 0.2) is 12.3 Å². The van der Waals surface area contributed by atoms with Crippen LogP contribution in [0, 0.1) is 12.3 Å². The summed E-state index contributed by atoms with van der Waals surface area (Å²) in [4.78, 5) is 18.4. The summed E-state index contributed by atoms with van der Waals surface area (Å²) >= 11 is 0. The van der Waals surface area contributed by atoms with Gasteiger partial charge in [-0.25, -0.2) is 14.3 Å². The minimum Gasteiger partial charge on any atom is -0.460 e. The van der Waals surface area contributed by atoms with E-state index >= 15 is 0 Å². The minimum absolute atomic E-state index is 0.115. The van der Waals surface area contributed by atoms with E-state index in [1.165, 1.54) is 6.42 Å². The topological polar surface area (TPSA) is 59.7 Å². The van der Waals surface area contributed by atoms with Crippen molar-refractivity contribution >= 4 is 17.3 Å². The molecular formula is C16H22N4O2. The van der Waals surface area contributed by atoms with E-state index in [1.807, 2.05) is 13.1 Å². The third-order valence-corrected chi connectivity index (χ3v) is 4.10. The van der Waals surface area contributed by atoms with Crippen molar-refractivity contribution in [3.05, 3.63) is 23.7 Å². The van der Waals surface area contributed by atoms with Gasteiger partial charge < -0.3 is 9.64 Å². The van der Waals surface area contributed by atoms with Crippen LogP contribution in [-0.2, 0) is 4.74 Å². The largest absolute Gasteiger partial charge is 0.460 e. The van der Waals surface area contributed by atoms with E-state index in [0.29, 0.717) is 17.7 Å². The molecule has 1 saturated heterocycles. The SMILES string of the molecule is CCOC(=O)c1nc2c(C)cc(N3CCC(C)(C)C3)cn2n1. The molecule has 1 aliphatic heterocycles. The number of aromatic nitrogens is 3. The van der Waals surface area contributed by atoms with Crippen LogP contribution in [0.4, 0.5) is 5.69 Å². The molecule has 6 heteroatoms. The molecule has 1 fully saturated rings. The summed E-state index contributed by atoms with van der Waals surface area (Å²) in [7, 11) is 0. The molecule has 0 saturated carbocycles. The average Bonchev–Trinajstić information content (AvgIpc) is 3.02. The predicted octanol–water partition coefficient (Wildman–Crippen LogP) is 2.45. The first-order valence-corrected chi connectivity index (χ1v) is 7.69. The highest BCUT2D eigenvalue weighted by molar-refractivity contribution is 5.86. The first kappa shape index (κ1) is 14.8. The molecule has 0 amide bonds. The summed E-state index contributed by atoms with van der Waals surface area (Å²) in [5, 5.41) is 4.26. The highest BCUT2D eigenvalue weighted by Crippen LogP contribution is 2.33. The molecular weight excluding hydrogens is 280 g/mol. The van der Waals surface area contributed by atoms with Crippen molar-refractivity contribution in [3.8, 4) is 0 Å². The monoisotopic (exact) mass is 302 g/mol. The van der Waals surface area contributed by atoms with Crippen LogP contribution in [0.2, 0.25) is 0 Å². The van der Waals surface area contributed by atoms with Gasteiger partial charge in [-0.2, -0.15) is 0 Å². The predicted molar refractivity (Wildman–Crippen MR) is 84.3 cm³/mol. The van der Waals surface area contributed by atoms with Gasteiger partial charge in [0.05, 0.1) is 18.5 Å². The molecule has 0 aliphatic carbocycles. The summed E-state index contributed by atoms with van der Waals surface area (Å²) in [6.45, 7) is 10.7. The van der Waals surface area contributed by atoms with Crippen LogP contribution in [0.5, 0.6) is 0 Å². The first-order valence-electron chi connectivity index (χ1n) is 7.69. The van der Waals surface area contributed by atoms with Gasteiger partial charge >= 0.3 is 5.97 Å². The van der Waals surface area contributed by atoms with Crippen LogP contribution in [-0.4, -0.2) is 40.3 Å². The Balaban J connectivity index is 1.96. The van der Waals surface area contributed by atoms with Crippen molar-refractivity contribution in [3.63, 3.8) is 0 Å². The number of carbonyl (C=O) groups excluding carboxylic acids is 1. The number of ether oxygens (including phenoxy) is 1. The number of carbonyl (C=O) groups is 1. The molecule has 2 aromatic heterocycles. The number of aryl methyl sites for hydroxylation is 1. The maximum absolute atomic E-state index is 11.8. The molecule has 3 heterocycles. The van der Waals surface area contributed by atoms with Crippen molar-refractivity contribution in [2.75, 3.05) is 24.6 Å². The summed E-state index contributed by atoms with van der Waals surface area (Å²) < 4.78 is 6.65. The van der Waals surface area contributed by atoms with Crippen LogP contribution in [0.25, 0.3) is 5.65 Å². The molecule has 0 N–H and O–H groups in total. The molecule has 0 aromatic carbocycles. The fourth-order valence-electron chi connectivity index (χ4n) is 2.92. The number of pyridine rings is 1. The van der Waals surface area contributed by atoms with E-state index in [9.17, 15) is 4.79 Å². The van der Waals surface area contributed by atoms with Crippen molar-refractivity contribution in [1.29, 1.82) is 0 Å². The maximum atomic E-state index is 11.8. The minimum atomic E-state index is -0.477. The van der Waals surface area contributed by atoms with Crippen molar-refractivity contribution in [1.82, 2.24) is 14.6 Å². The van der Waals surface area contributed by atoms with Crippen LogP contribution in [0.3, 0.4) is 0 Å². The lowest BCUT2D eigenvalue weighted by Crippen LogP contribution is -2.23. The van der Waals surface area contributed by atoms with E-state index in [2.05, 4.69) is 34.9 Å². The molecule has 0 radical (unpaired) electrons. The summed E-state index contributed by atoms with van der Waals surface area (Å²) in [6, 6.07) is 2.11. The summed E-state index contributed by atoms with van der Waals surface area (Å²) in [6.07, 6.45) is 3.12. The zero-order valence-electron chi connectivity index (χ0n) is 13.6. The number of nitrogens with zero attached hydrogens (tertiary/aromatic N) is 4. The van der Waals surface area contributed by atoms with Crippen LogP contribution in [0.1, 0.15) is 43.4 Å². The van der Waals surface area contributed by atoms with Gasteiger partial charge in [0.15, 0.2) is 5.65 Å². The quantitative estimate of drug-likeness (QED) is 0.815. The number of esters is 1. The zero-order chi connectivity index (χ0) is 15.9. The fraction of sp³-hybridized carbons (Fsp3) is 0.562. The van der Waals surface area contributed by atoms with Gasteiger partial charge in [-0.3, -0.25) is 0 Å². The molecule has 0 bridgehead atoms. The van der Waals surface area contributed by atoms with Gasteiger partial charge in [0.1, 0.15) is 0 Å². The van der Waals surface area contributed by atoms with Gasteiger partial charge in [0.25, 0.3) is 5.82 Å². The number of hydrogen-bond donors (Lipinski definition) is 0. The number of rotatable bonds is 3. The standard InChI is InChI=1S/C16H22N4O2/c1-5-22-15(21)13-17-14-11(2)8-12(9-20(14)18-13)19-7-6-16(3,4)10-19/h8-9H,5-7,10H2,1-4H3. The molecule has 6 nitrogen and oxygen atoms in total. The highest BCUT2D eigenvalue weighted by Gasteiger charge is 2.29. The molecule has 118 valence electrons.